The molecule has 0 spiro atoms. The summed E-state index contributed by atoms with van der Waals surface area (Å²) >= 11 is 6.15. The number of nitrogen functional groups attached to an aromatic ring is 1. The summed E-state index contributed by atoms with van der Waals surface area (Å²) in [4.78, 5) is 16.2. The van der Waals surface area contributed by atoms with Crippen molar-refractivity contribution in [3.63, 3.8) is 0 Å². The van der Waals surface area contributed by atoms with Gasteiger partial charge in [-0.25, -0.2) is 4.99 Å². The molecule has 1 amide bonds. The normalized spacial score (nSPS) is 13.2. The van der Waals surface area contributed by atoms with E-state index < -0.39 is 0 Å². The SMILES string of the molecule is Br.Nc1cccc2c1CC(c1ccccc1Cl)=NC2=O. The second kappa shape index (κ2) is 5.77. The predicted octanol–water partition coefficient (Wildman–Crippen LogP) is 3.69. The molecule has 2 aromatic rings. The molecule has 0 atom stereocenters. The first-order valence-electron chi connectivity index (χ1n) is 5.91. The van der Waals surface area contributed by atoms with E-state index in [1.54, 1.807) is 24.3 Å². The molecule has 1 aliphatic rings. The number of nitrogens with two attached hydrogens (primary N) is 1. The van der Waals surface area contributed by atoms with Crippen molar-refractivity contribution in [2.24, 2.45) is 4.99 Å². The van der Waals surface area contributed by atoms with Crippen LogP contribution in [0.15, 0.2) is 47.5 Å². The van der Waals surface area contributed by atoms with Crippen molar-refractivity contribution >= 4 is 45.9 Å². The van der Waals surface area contributed by atoms with Crippen LogP contribution in [0.2, 0.25) is 5.02 Å². The Labute approximate surface area is 132 Å². The molecule has 1 aliphatic heterocycles. The Hall–Kier alpha value is -1.65. The number of rotatable bonds is 1. The van der Waals surface area contributed by atoms with Gasteiger partial charge in [-0.15, -0.1) is 17.0 Å². The minimum atomic E-state index is -0.261. The second-order valence-corrected chi connectivity index (χ2v) is 4.80. The smallest absolute Gasteiger partial charge is 0.277 e. The highest BCUT2D eigenvalue weighted by Crippen LogP contribution is 2.27. The maximum Gasteiger partial charge on any atom is 0.277 e. The fourth-order valence-electron chi connectivity index (χ4n) is 2.24. The molecule has 0 saturated carbocycles. The Balaban J connectivity index is 0.00000147. The number of carbonyl (C=O) groups excluding carboxylic acids is 1. The molecule has 0 radical (unpaired) electrons. The van der Waals surface area contributed by atoms with Gasteiger partial charge in [-0.3, -0.25) is 4.79 Å². The molecule has 0 unspecified atom stereocenters. The molecule has 0 bridgehead atoms. The lowest BCUT2D eigenvalue weighted by Crippen LogP contribution is -2.19. The van der Waals surface area contributed by atoms with Crippen molar-refractivity contribution in [2.75, 3.05) is 5.73 Å². The van der Waals surface area contributed by atoms with Crippen molar-refractivity contribution in [1.82, 2.24) is 0 Å². The molecule has 0 aromatic heterocycles. The van der Waals surface area contributed by atoms with E-state index in [2.05, 4.69) is 4.99 Å². The van der Waals surface area contributed by atoms with Crippen LogP contribution in [0.3, 0.4) is 0 Å². The van der Waals surface area contributed by atoms with E-state index in [1.807, 2.05) is 18.2 Å². The highest BCUT2D eigenvalue weighted by molar-refractivity contribution is 8.93. The Kier molecular flexibility index (Phi) is 4.26. The third-order valence-corrected chi connectivity index (χ3v) is 3.54. The number of hydrogen-bond donors (Lipinski definition) is 1. The van der Waals surface area contributed by atoms with Crippen molar-refractivity contribution in [2.45, 2.75) is 6.42 Å². The van der Waals surface area contributed by atoms with Crippen molar-refractivity contribution in [3.05, 3.63) is 64.2 Å². The quantitative estimate of drug-likeness (QED) is 0.797. The van der Waals surface area contributed by atoms with E-state index in [-0.39, 0.29) is 22.9 Å². The van der Waals surface area contributed by atoms with Crippen LogP contribution in [0, 0.1) is 0 Å². The van der Waals surface area contributed by atoms with Gasteiger partial charge in [0.05, 0.1) is 5.71 Å². The standard InChI is InChI=1S/C15H11ClN2O.BrH/c16-12-6-2-1-4-10(12)14-8-11-9(15(19)18-14)5-3-7-13(11)17;/h1-7H,8,17H2;1H. The number of amides is 1. The molecule has 3 nitrogen and oxygen atoms in total. The van der Waals surface area contributed by atoms with Crippen LogP contribution >= 0.6 is 28.6 Å². The van der Waals surface area contributed by atoms with Gasteiger partial charge in [0, 0.05) is 28.3 Å². The molecule has 0 fully saturated rings. The zero-order valence-electron chi connectivity index (χ0n) is 10.5. The predicted molar refractivity (Wildman–Crippen MR) is 87.2 cm³/mol. The first-order chi connectivity index (χ1) is 9.16. The van der Waals surface area contributed by atoms with Gasteiger partial charge in [0.25, 0.3) is 5.91 Å². The number of aliphatic imine (C=N–C) groups is 1. The van der Waals surface area contributed by atoms with Crippen LogP contribution in [0.1, 0.15) is 21.5 Å². The fourth-order valence-corrected chi connectivity index (χ4v) is 2.49. The third kappa shape index (κ3) is 2.49. The highest BCUT2D eigenvalue weighted by atomic mass is 79.9. The van der Waals surface area contributed by atoms with E-state index in [4.69, 9.17) is 17.3 Å². The van der Waals surface area contributed by atoms with E-state index >= 15 is 0 Å². The van der Waals surface area contributed by atoms with Crippen LogP contribution in [0.5, 0.6) is 0 Å². The number of benzene rings is 2. The zero-order valence-corrected chi connectivity index (χ0v) is 12.9. The van der Waals surface area contributed by atoms with Crippen LogP contribution in [-0.4, -0.2) is 11.6 Å². The van der Waals surface area contributed by atoms with Crippen molar-refractivity contribution < 1.29 is 4.79 Å². The monoisotopic (exact) mass is 350 g/mol. The lowest BCUT2D eigenvalue weighted by atomic mass is 9.93. The Morgan fingerprint density at radius 3 is 2.50 bits per heavy atom. The topological polar surface area (TPSA) is 55.4 Å². The van der Waals surface area contributed by atoms with Gasteiger partial charge >= 0.3 is 0 Å². The summed E-state index contributed by atoms with van der Waals surface area (Å²) < 4.78 is 0. The molecule has 3 rings (SSSR count). The summed E-state index contributed by atoms with van der Waals surface area (Å²) in [5.74, 6) is -0.261. The van der Waals surface area contributed by atoms with E-state index in [0.29, 0.717) is 28.4 Å². The Morgan fingerprint density at radius 1 is 1.05 bits per heavy atom. The first kappa shape index (κ1) is 14.8. The second-order valence-electron chi connectivity index (χ2n) is 4.39. The van der Waals surface area contributed by atoms with Gasteiger partial charge in [-0.1, -0.05) is 35.9 Å². The molecule has 102 valence electrons. The van der Waals surface area contributed by atoms with Crippen molar-refractivity contribution in [3.8, 4) is 0 Å². The molecule has 20 heavy (non-hydrogen) atoms. The molecule has 0 saturated heterocycles. The van der Waals surface area contributed by atoms with Gasteiger partial charge in [0.1, 0.15) is 0 Å². The highest BCUT2D eigenvalue weighted by Gasteiger charge is 2.22. The number of fused-ring (bicyclic) bond motifs is 1. The van der Waals surface area contributed by atoms with Crippen molar-refractivity contribution in [1.29, 1.82) is 0 Å². The van der Waals surface area contributed by atoms with Crippen LogP contribution in [0.4, 0.5) is 5.69 Å². The summed E-state index contributed by atoms with van der Waals surface area (Å²) in [6.07, 6.45) is 0.525. The number of nitrogens with zero attached hydrogens (tertiary/aromatic N) is 1. The first-order valence-corrected chi connectivity index (χ1v) is 6.29. The van der Waals surface area contributed by atoms with Crippen LogP contribution in [0.25, 0.3) is 0 Å². The summed E-state index contributed by atoms with van der Waals surface area (Å²) in [7, 11) is 0. The van der Waals surface area contributed by atoms with Gasteiger partial charge in [-0.2, -0.15) is 0 Å². The average molecular weight is 352 g/mol. The Bertz CT molecular complexity index is 713. The number of hydrogen-bond acceptors (Lipinski definition) is 2. The summed E-state index contributed by atoms with van der Waals surface area (Å²) in [6.45, 7) is 0. The number of anilines is 1. The molecular formula is C15H12BrClN2O. The zero-order chi connectivity index (χ0) is 13.4. The van der Waals surface area contributed by atoms with E-state index in [0.717, 1.165) is 11.1 Å². The molecule has 0 aliphatic carbocycles. The Morgan fingerprint density at radius 2 is 1.75 bits per heavy atom. The molecule has 2 aromatic carbocycles. The maximum atomic E-state index is 12.0. The minimum absolute atomic E-state index is 0. The van der Waals surface area contributed by atoms with Crippen LogP contribution < -0.4 is 5.73 Å². The molecular weight excluding hydrogens is 340 g/mol. The van der Waals surface area contributed by atoms with E-state index in [1.165, 1.54) is 0 Å². The fraction of sp³-hybridized carbons (Fsp3) is 0.0667. The van der Waals surface area contributed by atoms with Gasteiger partial charge in [0.15, 0.2) is 0 Å². The lowest BCUT2D eigenvalue weighted by molar-refractivity contribution is 0.100. The number of halogens is 2. The van der Waals surface area contributed by atoms with Crippen LogP contribution in [-0.2, 0) is 6.42 Å². The van der Waals surface area contributed by atoms with Gasteiger partial charge in [0.2, 0.25) is 0 Å². The summed E-state index contributed by atoms with van der Waals surface area (Å²) in [5, 5.41) is 0.590. The molecule has 1 heterocycles. The summed E-state index contributed by atoms with van der Waals surface area (Å²) in [6, 6.07) is 12.7. The average Bonchev–Trinajstić information content (AvgIpc) is 2.40. The maximum absolute atomic E-state index is 12.0. The molecule has 5 heteroatoms. The van der Waals surface area contributed by atoms with Gasteiger partial charge in [-0.05, 0) is 23.8 Å². The largest absolute Gasteiger partial charge is 0.398 e. The summed E-state index contributed by atoms with van der Waals surface area (Å²) in [5.41, 5.74) is 9.42. The number of carbonyl (C=O) groups is 1. The third-order valence-electron chi connectivity index (χ3n) is 3.21. The van der Waals surface area contributed by atoms with E-state index in [9.17, 15) is 4.79 Å². The minimum Gasteiger partial charge on any atom is -0.398 e. The molecule has 2 N–H and O–H groups in total. The lowest BCUT2D eigenvalue weighted by Gasteiger charge is -2.17. The van der Waals surface area contributed by atoms with Gasteiger partial charge < -0.3 is 5.73 Å².